The molecule has 2 aromatic rings. The van der Waals surface area contributed by atoms with Gasteiger partial charge in [-0.2, -0.15) is 0 Å². The molecule has 0 saturated heterocycles. The normalized spacial score (nSPS) is 10.6. The largest absolute Gasteiger partial charge is 0.492 e. The molecule has 0 aliphatic heterocycles. The van der Waals surface area contributed by atoms with Crippen LogP contribution in [0.3, 0.4) is 0 Å². The molecule has 0 amide bonds. The van der Waals surface area contributed by atoms with Crippen LogP contribution in [-0.4, -0.2) is 13.2 Å². The van der Waals surface area contributed by atoms with E-state index in [1.807, 2.05) is 31.2 Å². The van der Waals surface area contributed by atoms with Crippen molar-refractivity contribution in [3.63, 3.8) is 0 Å². The molecular weight excluding hydrogens is 250 g/mol. The number of hydrogen-bond acceptors (Lipinski definition) is 3. The van der Waals surface area contributed by atoms with Crippen LogP contribution in [0, 0.1) is 6.92 Å². The molecule has 1 aromatic carbocycles. The van der Waals surface area contributed by atoms with E-state index < -0.39 is 0 Å². The third kappa shape index (κ3) is 3.79. The summed E-state index contributed by atoms with van der Waals surface area (Å²) in [4.78, 5) is 0. The Kier molecular flexibility index (Phi) is 4.67. The Morgan fingerprint density at radius 2 is 2.22 bits per heavy atom. The van der Waals surface area contributed by atoms with Crippen LogP contribution in [0.2, 0.25) is 5.02 Å². The van der Waals surface area contributed by atoms with Crippen molar-refractivity contribution in [1.82, 2.24) is 5.32 Å². The number of benzene rings is 1. The molecule has 4 heteroatoms. The molecule has 0 aliphatic carbocycles. The zero-order valence-corrected chi connectivity index (χ0v) is 11.0. The van der Waals surface area contributed by atoms with E-state index in [4.69, 9.17) is 20.8 Å². The Morgan fingerprint density at radius 1 is 1.33 bits per heavy atom. The molecule has 0 atom stereocenters. The van der Waals surface area contributed by atoms with E-state index in [0.717, 1.165) is 35.0 Å². The minimum Gasteiger partial charge on any atom is -0.492 e. The molecule has 0 aliphatic rings. The number of halogens is 1. The van der Waals surface area contributed by atoms with Gasteiger partial charge in [0.2, 0.25) is 0 Å². The molecule has 0 bridgehead atoms. The van der Waals surface area contributed by atoms with E-state index in [-0.39, 0.29) is 0 Å². The Hall–Kier alpha value is -1.45. The Morgan fingerprint density at radius 3 is 2.94 bits per heavy atom. The molecule has 0 spiro atoms. The lowest BCUT2D eigenvalue weighted by molar-refractivity contribution is 0.313. The smallest absolute Gasteiger partial charge is 0.119 e. The predicted molar refractivity (Wildman–Crippen MR) is 72.1 cm³/mol. The van der Waals surface area contributed by atoms with E-state index >= 15 is 0 Å². The zero-order chi connectivity index (χ0) is 12.8. The van der Waals surface area contributed by atoms with Gasteiger partial charge in [0.25, 0.3) is 0 Å². The fraction of sp³-hybridized carbons (Fsp3) is 0.286. The summed E-state index contributed by atoms with van der Waals surface area (Å²) in [5.74, 6) is 0.849. The van der Waals surface area contributed by atoms with Gasteiger partial charge in [-0.05, 0) is 36.8 Å². The highest BCUT2D eigenvalue weighted by Crippen LogP contribution is 2.20. The van der Waals surface area contributed by atoms with Gasteiger partial charge in [-0.25, -0.2) is 0 Å². The lowest BCUT2D eigenvalue weighted by Gasteiger charge is -2.08. The van der Waals surface area contributed by atoms with Crippen molar-refractivity contribution in [2.24, 2.45) is 0 Å². The minimum absolute atomic E-state index is 0.624. The summed E-state index contributed by atoms with van der Waals surface area (Å²) in [6.45, 7) is 4.16. The van der Waals surface area contributed by atoms with Gasteiger partial charge in [0.05, 0.1) is 12.5 Å². The van der Waals surface area contributed by atoms with Crippen LogP contribution in [0.5, 0.6) is 5.75 Å². The standard InChI is InChI=1S/C14H16ClNO2/c1-11-8-13(2-3-14(11)15)18-7-5-16-9-12-4-6-17-10-12/h2-4,6,8,10,16H,5,7,9H2,1H3. The van der Waals surface area contributed by atoms with E-state index in [1.54, 1.807) is 12.5 Å². The molecule has 0 fully saturated rings. The summed E-state index contributed by atoms with van der Waals surface area (Å²) >= 11 is 5.94. The van der Waals surface area contributed by atoms with Gasteiger partial charge >= 0.3 is 0 Å². The first-order valence-electron chi connectivity index (χ1n) is 5.86. The van der Waals surface area contributed by atoms with Crippen LogP contribution < -0.4 is 10.1 Å². The second kappa shape index (κ2) is 6.47. The zero-order valence-electron chi connectivity index (χ0n) is 10.3. The summed E-state index contributed by atoms with van der Waals surface area (Å²) in [7, 11) is 0. The molecule has 2 rings (SSSR count). The van der Waals surface area contributed by atoms with Crippen LogP contribution in [0.4, 0.5) is 0 Å². The molecule has 0 unspecified atom stereocenters. The van der Waals surface area contributed by atoms with E-state index in [2.05, 4.69) is 5.32 Å². The fourth-order valence-electron chi connectivity index (χ4n) is 1.57. The van der Waals surface area contributed by atoms with Crippen molar-refractivity contribution < 1.29 is 9.15 Å². The van der Waals surface area contributed by atoms with Gasteiger partial charge in [0, 0.05) is 23.7 Å². The molecule has 18 heavy (non-hydrogen) atoms. The van der Waals surface area contributed by atoms with E-state index in [9.17, 15) is 0 Å². The van der Waals surface area contributed by atoms with Crippen LogP contribution in [-0.2, 0) is 6.54 Å². The van der Waals surface area contributed by atoms with E-state index in [1.165, 1.54) is 0 Å². The highest BCUT2D eigenvalue weighted by molar-refractivity contribution is 6.31. The van der Waals surface area contributed by atoms with Crippen molar-refractivity contribution in [3.8, 4) is 5.75 Å². The van der Waals surface area contributed by atoms with Gasteiger partial charge in [-0.15, -0.1) is 0 Å². The number of hydrogen-bond donors (Lipinski definition) is 1. The predicted octanol–water partition coefficient (Wildman–Crippen LogP) is 3.41. The van der Waals surface area contributed by atoms with Crippen molar-refractivity contribution in [2.45, 2.75) is 13.5 Å². The van der Waals surface area contributed by atoms with E-state index in [0.29, 0.717) is 6.61 Å². The molecule has 1 heterocycles. The highest BCUT2D eigenvalue weighted by Gasteiger charge is 1.98. The van der Waals surface area contributed by atoms with Gasteiger partial charge in [-0.1, -0.05) is 11.6 Å². The van der Waals surface area contributed by atoms with Crippen molar-refractivity contribution in [3.05, 3.63) is 52.9 Å². The Bertz CT molecular complexity index is 483. The summed E-state index contributed by atoms with van der Waals surface area (Å²) in [6, 6.07) is 7.62. The summed E-state index contributed by atoms with van der Waals surface area (Å²) < 4.78 is 10.6. The number of furan rings is 1. The van der Waals surface area contributed by atoms with Gasteiger partial charge in [-0.3, -0.25) is 0 Å². The third-order valence-corrected chi connectivity index (χ3v) is 3.01. The number of rotatable bonds is 6. The van der Waals surface area contributed by atoms with Gasteiger partial charge in [0.1, 0.15) is 12.4 Å². The maximum atomic E-state index is 5.94. The molecule has 1 aromatic heterocycles. The first kappa shape index (κ1) is 13.0. The average molecular weight is 266 g/mol. The van der Waals surface area contributed by atoms with Crippen LogP contribution >= 0.6 is 11.6 Å². The first-order chi connectivity index (χ1) is 8.75. The molecule has 96 valence electrons. The average Bonchev–Trinajstić information content (AvgIpc) is 2.86. The van der Waals surface area contributed by atoms with Crippen molar-refractivity contribution >= 4 is 11.6 Å². The molecule has 0 saturated carbocycles. The topological polar surface area (TPSA) is 34.4 Å². The fourth-order valence-corrected chi connectivity index (χ4v) is 1.69. The molecule has 1 N–H and O–H groups in total. The third-order valence-electron chi connectivity index (χ3n) is 2.59. The second-order valence-electron chi connectivity index (χ2n) is 4.07. The maximum Gasteiger partial charge on any atom is 0.119 e. The Balaban J connectivity index is 1.67. The first-order valence-corrected chi connectivity index (χ1v) is 6.24. The quantitative estimate of drug-likeness (QED) is 0.813. The monoisotopic (exact) mass is 265 g/mol. The summed E-state index contributed by atoms with van der Waals surface area (Å²) in [5, 5.41) is 4.04. The lowest BCUT2D eigenvalue weighted by atomic mass is 10.2. The lowest BCUT2D eigenvalue weighted by Crippen LogP contribution is -2.20. The summed E-state index contributed by atoms with van der Waals surface area (Å²) in [5.41, 5.74) is 2.16. The number of ether oxygens (including phenoxy) is 1. The van der Waals surface area contributed by atoms with Gasteiger partial charge < -0.3 is 14.5 Å². The van der Waals surface area contributed by atoms with Crippen LogP contribution in [0.15, 0.2) is 41.2 Å². The van der Waals surface area contributed by atoms with Crippen LogP contribution in [0.25, 0.3) is 0 Å². The minimum atomic E-state index is 0.624. The second-order valence-corrected chi connectivity index (χ2v) is 4.48. The number of nitrogens with one attached hydrogen (secondary N) is 1. The highest BCUT2D eigenvalue weighted by atomic mass is 35.5. The molecule has 3 nitrogen and oxygen atoms in total. The molecular formula is C14H16ClNO2. The molecule has 0 radical (unpaired) electrons. The Labute approximate surface area is 112 Å². The maximum absolute atomic E-state index is 5.94. The van der Waals surface area contributed by atoms with Gasteiger partial charge in [0.15, 0.2) is 0 Å². The van der Waals surface area contributed by atoms with Crippen LogP contribution in [0.1, 0.15) is 11.1 Å². The number of aryl methyl sites for hydroxylation is 1. The van der Waals surface area contributed by atoms with Crippen molar-refractivity contribution in [2.75, 3.05) is 13.2 Å². The SMILES string of the molecule is Cc1cc(OCCNCc2ccoc2)ccc1Cl. The van der Waals surface area contributed by atoms with Crippen molar-refractivity contribution in [1.29, 1.82) is 0 Å². The summed E-state index contributed by atoms with van der Waals surface area (Å²) in [6.07, 6.45) is 3.40.